The number of hydrogen-bond acceptors (Lipinski definition) is 5. The second kappa shape index (κ2) is 6.64. The molecule has 0 atom stereocenters. The van der Waals surface area contributed by atoms with Crippen LogP contribution in [0.1, 0.15) is 23.8 Å². The van der Waals surface area contributed by atoms with Crippen LogP contribution in [-0.4, -0.2) is 14.2 Å². The zero-order valence-electron chi connectivity index (χ0n) is 13.6. The van der Waals surface area contributed by atoms with Gasteiger partial charge in [0, 0.05) is 15.6 Å². The first-order chi connectivity index (χ1) is 11.4. The molecule has 24 heavy (non-hydrogen) atoms. The van der Waals surface area contributed by atoms with E-state index in [1.54, 1.807) is 6.07 Å². The Morgan fingerprint density at radius 2 is 1.79 bits per heavy atom. The molecular weight excluding hydrogens is 342 g/mol. The summed E-state index contributed by atoms with van der Waals surface area (Å²) >= 11 is 1.36. The minimum absolute atomic E-state index is 0.265. The predicted molar refractivity (Wildman–Crippen MR) is 103 cm³/mol. The van der Waals surface area contributed by atoms with Crippen LogP contribution >= 0.6 is 22.1 Å². The largest absolute Gasteiger partial charge is 0.507 e. The number of phenols is 1. The second-order valence-electron chi connectivity index (χ2n) is 5.74. The lowest BCUT2D eigenvalue weighted by molar-refractivity contribution is 0.474. The van der Waals surface area contributed by atoms with Crippen molar-refractivity contribution in [1.29, 1.82) is 0 Å². The number of benzene rings is 2. The van der Waals surface area contributed by atoms with Crippen molar-refractivity contribution in [3.63, 3.8) is 0 Å². The molecule has 0 saturated carbocycles. The zero-order chi connectivity index (χ0) is 17.3. The summed E-state index contributed by atoms with van der Waals surface area (Å²) in [6.45, 7) is 3.97. The van der Waals surface area contributed by atoms with Gasteiger partial charge in [0.15, 0.2) is 0 Å². The number of anilines is 1. The fraction of sp³-hybridized carbons (Fsp3) is 0.222. The van der Waals surface area contributed by atoms with E-state index in [2.05, 4.69) is 4.72 Å². The first kappa shape index (κ1) is 17.1. The molecule has 0 amide bonds. The van der Waals surface area contributed by atoms with Gasteiger partial charge in [-0.15, -0.1) is 11.3 Å². The lowest BCUT2D eigenvalue weighted by Crippen LogP contribution is -2.09. The highest BCUT2D eigenvalue weighted by Crippen LogP contribution is 2.52. The normalized spacial score (nSPS) is 12.5. The van der Waals surface area contributed by atoms with Crippen LogP contribution < -0.4 is 4.72 Å². The summed E-state index contributed by atoms with van der Waals surface area (Å²) in [7, 11) is -3.14. The summed E-state index contributed by atoms with van der Waals surface area (Å²) in [5, 5.41) is 12.0. The van der Waals surface area contributed by atoms with Crippen molar-refractivity contribution in [2.45, 2.75) is 30.9 Å². The van der Waals surface area contributed by atoms with Gasteiger partial charge in [0.2, 0.25) is 0 Å². The van der Waals surface area contributed by atoms with Gasteiger partial charge in [-0.25, -0.2) is 0 Å². The van der Waals surface area contributed by atoms with Crippen LogP contribution in [0.15, 0.2) is 46.7 Å². The molecule has 0 aliphatic carbocycles. The van der Waals surface area contributed by atoms with E-state index in [4.69, 9.17) is 0 Å². The van der Waals surface area contributed by atoms with E-state index in [0.29, 0.717) is 15.3 Å². The Hall–Kier alpha value is -1.73. The molecule has 0 bridgehead atoms. The molecule has 3 aromatic rings. The van der Waals surface area contributed by atoms with Crippen LogP contribution in [0, 0.1) is 6.92 Å². The molecule has 6 heteroatoms. The zero-order valence-corrected chi connectivity index (χ0v) is 15.2. The third-order valence-corrected chi connectivity index (χ3v) is 6.81. The summed E-state index contributed by atoms with van der Waals surface area (Å²) in [6, 6.07) is 12.9. The van der Waals surface area contributed by atoms with Gasteiger partial charge in [0.25, 0.3) is 0 Å². The Kier molecular flexibility index (Phi) is 4.73. The van der Waals surface area contributed by atoms with E-state index in [9.17, 15) is 14.2 Å². The van der Waals surface area contributed by atoms with E-state index >= 15 is 0 Å². The number of nitrogens with one attached hydrogen (secondary N) is 1. The molecule has 0 aliphatic heterocycles. The molecule has 3 rings (SSSR count). The Morgan fingerprint density at radius 3 is 2.42 bits per heavy atom. The number of rotatable bonds is 5. The van der Waals surface area contributed by atoms with Crippen molar-refractivity contribution in [1.82, 2.24) is 0 Å². The molecule has 0 fully saturated rings. The van der Waals surface area contributed by atoms with Crippen molar-refractivity contribution >= 4 is 38.6 Å². The van der Waals surface area contributed by atoms with Gasteiger partial charge in [-0.3, -0.25) is 13.8 Å². The molecular formula is C18H21NO3S2. The fourth-order valence-corrected chi connectivity index (χ4v) is 5.14. The van der Waals surface area contributed by atoms with Gasteiger partial charge in [-0.05, 0) is 37.1 Å². The molecule has 0 spiro atoms. The lowest BCUT2D eigenvalue weighted by atomic mass is 10.0. The highest BCUT2D eigenvalue weighted by Gasteiger charge is 2.20. The minimum Gasteiger partial charge on any atom is -0.507 e. The molecule has 128 valence electrons. The van der Waals surface area contributed by atoms with E-state index < -0.39 is 10.8 Å². The van der Waals surface area contributed by atoms with Gasteiger partial charge in [0.1, 0.15) is 9.96 Å². The van der Waals surface area contributed by atoms with Crippen molar-refractivity contribution in [3.8, 4) is 5.75 Å². The molecule has 0 unspecified atom stereocenters. The van der Waals surface area contributed by atoms with Crippen molar-refractivity contribution in [2.24, 2.45) is 0 Å². The Balaban J connectivity index is 2.09. The average Bonchev–Trinajstić information content (AvgIpc) is 2.99. The Morgan fingerprint density at radius 1 is 1.08 bits per heavy atom. The maximum absolute atomic E-state index is 10.6. The van der Waals surface area contributed by atoms with Crippen molar-refractivity contribution in [3.05, 3.63) is 52.9 Å². The van der Waals surface area contributed by atoms with E-state index in [0.717, 1.165) is 28.7 Å². The average molecular weight is 364 g/mol. The van der Waals surface area contributed by atoms with Crippen LogP contribution in [0.4, 0.5) is 5.69 Å². The molecule has 4 N–H and O–H groups in total. The number of thiophene rings is 1. The number of fused-ring (bicyclic) bond motifs is 1. The van der Waals surface area contributed by atoms with Crippen LogP contribution in [0.2, 0.25) is 0 Å². The smallest absolute Gasteiger partial charge is 0.133 e. The Bertz CT molecular complexity index is 874. The highest BCUT2D eigenvalue weighted by atomic mass is 32.3. The second-order valence-corrected chi connectivity index (χ2v) is 9.03. The van der Waals surface area contributed by atoms with Gasteiger partial charge >= 0.3 is 0 Å². The maximum atomic E-state index is 10.6. The quantitative estimate of drug-likeness (QED) is 0.419. The number of aromatic hydroxyl groups is 1. The predicted octanol–water partition coefficient (Wildman–Crippen LogP) is 6.00. The first-order valence-corrected chi connectivity index (χ1v) is 10.1. The third kappa shape index (κ3) is 3.23. The van der Waals surface area contributed by atoms with Crippen LogP contribution in [0.25, 0.3) is 10.8 Å². The van der Waals surface area contributed by atoms with Gasteiger partial charge in [-0.2, -0.15) is 0 Å². The molecule has 0 radical (unpaired) electrons. The van der Waals surface area contributed by atoms with Crippen LogP contribution in [0.3, 0.4) is 0 Å². The summed E-state index contributed by atoms with van der Waals surface area (Å²) < 4.78 is 24.6. The highest BCUT2D eigenvalue weighted by molar-refractivity contribution is 8.26. The topological polar surface area (TPSA) is 72.7 Å². The first-order valence-electron chi connectivity index (χ1n) is 7.78. The van der Waals surface area contributed by atoms with Crippen LogP contribution in [-0.2, 0) is 6.42 Å². The fourth-order valence-electron chi connectivity index (χ4n) is 2.73. The van der Waals surface area contributed by atoms with Crippen LogP contribution in [0.5, 0.6) is 5.75 Å². The minimum atomic E-state index is -3.14. The van der Waals surface area contributed by atoms with Gasteiger partial charge < -0.3 is 5.11 Å². The monoisotopic (exact) mass is 363 g/mol. The summed E-state index contributed by atoms with van der Waals surface area (Å²) in [5.74, 6) is 0.265. The maximum Gasteiger partial charge on any atom is 0.133 e. The van der Waals surface area contributed by atoms with Crippen molar-refractivity contribution < 1.29 is 14.2 Å². The molecule has 0 saturated heterocycles. The molecule has 2 aromatic carbocycles. The van der Waals surface area contributed by atoms with E-state index in [-0.39, 0.29) is 5.75 Å². The summed E-state index contributed by atoms with van der Waals surface area (Å²) in [5.41, 5.74) is 1.43. The Labute approximate surface area is 147 Å². The number of hydrogen-bond donors (Lipinski definition) is 4. The SMILES string of the molecule is CCCc1cc(NS(O)(O)c2ccc(C)s2)c2ccccc2c1O. The summed E-state index contributed by atoms with van der Waals surface area (Å²) in [6.07, 6.45) is 1.62. The lowest BCUT2D eigenvalue weighted by Gasteiger charge is -2.33. The molecule has 0 aliphatic rings. The van der Waals surface area contributed by atoms with Gasteiger partial charge in [0.05, 0.1) is 5.69 Å². The van der Waals surface area contributed by atoms with Crippen molar-refractivity contribution in [2.75, 3.05) is 4.72 Å². The van der Waals surface area contributed by atoms with E-state index in [1.807, 2.05) is 50.2 Å². The van der Waals surface area contributed by atoms with E-state index in [1.165, 1.54) is 11.3 Å². The number of phenolic OH excluding ortho intramolecular Hbond substituents is 1. The molecule has 1 aromatic heterocycles. The summed E-state index contributed by atoms with van der Waals surface area (Å²) in [4.78, 5) is 1.02. The number of aryl methyl sites for hydroxylation is 2. The third-order valence-electron chi connectivity index (χ3n) is 3.86. The molecule has 1 heterocycles. The molecule has 4 nitrogen and oxygen atoms in total. The standard InChI is InChI=1S/C18H21NO3S2/c1-3-6-13-11-16(14-7-4-5-8-15(14)18(13)20)19-24(21,22)17-10-9-12(2)23-17/h4-5,7-11,19-22H,3,6H2,1-2H3. The van der Waals surface area contributed by atoms with Gasteiger partial charge in [-0.1, -0.05) is 48.4 Å².